The summed E-state index contributed by atoms with van der Waals surface area (Å²) < 4.78 is 10.3. The molecule has 1 fully saturated rings. The topological polar surface area (TPSA) is 30.5 Å². The van der Waals surface area contributed by atoms with E-state index in [4.69, 9.17) is 9.47 Å². The van der Waals surface area contributed by atoms with Crippen LogP contribution in [-0.4, -0.2) is 26.2 Å². The average molecular weight is 117 g/mol. The first-order valence-electron chi connectivity index (χ1n) is 2.74. The molecule has 1 rings (SSSR count). The van der Waals surface area contributed by atoms with Crippen LogP contribution in [0.25, 0.3) is 0 Å². The fourth-order valence-electron chi connectivity index (χ4n) is 0.659. The van der Waals surface area contributed by atoms with Crippen LogP contribution in [0, 0.1) is 0 Å². The lowest BCUT2D eigenvalue weighted by molar-refractivity contribution is -0.161. The summed E-state index contributed by atoms with van der Waals surface area (Å²) in [6.07, 6.45) is 0. The predicted octanol–water partition coefficient (Wildman–Crippen LogP) is -0.0737. The second kappa shape index (κ2) is 2.01. The first-order valence-corrected chi connectivity index (χ1v) is 2.74. The molecule has 0 atom stereocenters. The van der Waals surface area contributed by atoms with Crippen LogP contribution in [0.5, 0.6) is 0 Å². The molecule has 0 radical (unpaired) electrons. The van der Waals surface area contributed by atoms with Gasteiger partial charge in [-0.3, -0.25) is 5.32 Å². The van der Waals surface area contributed by atoms with Crippen LogP contribution in [0.4, 0.5) is 0 Å². The molecule has 0 bridgehead atoms. The van der Waals surface area contributed by atoms with E-state index in [1.807, 2.05) is 14.0 Å². The minimum atomic E-state index is -0.514. The Labute approximate surface area is 49.0 Å². The Morgan fingerprint density at radius 1 is 1.38 bits per heavy atom. The van der Waals surface area contributed by atoms with E-state index in [0.29, 0.717) is 13.2 Å². The quantitative estimate of drug-likeness (QED) is 0.521. The molecular formula is C5H11NO2. The molecule has 0 spiro atoms. The largest absolute Gasteiger partial charge is 0.335 e. The van der Waals surface area contributed by atoms with Gasteiger partial charge in [0.05, 0.1) is 13.2 Å². The van der Waals surface area contributed by atoms with Crippen molar-refractivity contribution >= 4 is 0 Å². The Hall–Kier alpha value is -0.120. The Kier molecular flexibility index (Phi) is 1.51. The Morgan fingerprint density at radius 2 is 1.88 bits per heavy atom. The van der Waals surface area contributed by atoms with Crippen molar-refractivity contribution < 1.29 is 9.47 Å². The van der Waals surface area contributed by atoms with Gasteiger partial charge in [-0.05, 0) is 7.05 Å². The molecule has 1 aliphatic heterocycles. The summed E-state index contributed by atoms with van der Waals surface area (Å²) in [4.78, 5) is 0. The highest BCUT2D eigenvalue weighted by Gasteiger charge is 2.27. The molecule has 0 saturated carbocycles. The van der Waals surface area contributed by atoms with Gasteiger partial charge < -0.3 is 9.47 Å². The van der Waals surface area contributed by atoms with Crippen molar-refractivity contribution in [3.05, 3.63) is 0 Å². The average Bonchev–Trinajstić information content (AvgIpc) is 2.17. The smallest absolute Gasteiger partial charge is 0.224 e. The van der Waals surface area contributed by atoms with E-state index >= 15 is 0 Å². The molecule has 3 nitrogen and oxygen atoms in total. The fraction of sp³-hybridized carbons (Fsp3) is 1.00. The minimum absolute atomic E-state index is 0.514. The number of nitrogens with one attached hydrogen (secondary N) is 1. The second-order valence-electron chi connectivity index (χ2n) is 1.89. The Morgan fingerprint density at radius 3 is 2.12 bits per heavy atom. The molecule has 48 valence electrons. The van der Waals surface area contributed by atoms with Crippen molar-refractivity contribution in [1.29, 1.82) is 0 Å². The van der Waals surface area contributed by atoms with Gasteiger partial charge in [-0.25, -0.2) is 0 Å². The third-order valence-electron chi connectivity index (χ3n) is 1.29. The lowest BCUT2D eigenvalue weighted by Crippen LogP contribution is -2.40. The summed E-state index contributed by atoms with van der Waals surface area (Å²) in [6, 6.07) is 0. The van der Waals surface area contributed by atoms with Crippen LogP contribution in [0.2, 0.25) is 0 Å². The van der Waals surface area contributed by atoms with Crippen molar-refractivity contribution in [1.82, 2.24) is 5.32 Å². The molecular weight excluding hydrogens is 106 g/mol. The van der Waals surface area contributed by atoms with Gasteiger partial charge in [0.25, 0.3) is 0 Å². The van der Waals surface area contributed by atoms with Crippen molar-refractivity contribution in [2.45, 2.75) is 12.8 Å². The summed E-state index contributed by atoms with van der Waals surface area (Å²) in [5.41, 5.74) is 0. The van der Waals surface area contributed by atoms with E-state index in [-0.39, 0.29) is 0 Å². The molecule has 1 N–H and O–H groups in total. The minimum Gasteiger partial charge on any atom is -0.335 e. The third kappa shape index (κ3) is 0.992. The summed E-state index contributed by atoms with van der Waals surface area (Å²) in [6.45, 7) is 3.24. The summed E-state index contributed by atoms with van der Waals surface area (Å²) in [5, 5.41) is 2.90. The highest BCUT2D eigenvalue weighted by Crippen LogP contribution is 2.12. The predicted molar refractivity (Wildman–Crippen MR) is 29.4 cm³/mol. The molecule has 0 amide bonds. The highest BCUT2D eigenvalue weighted by molar-refractivity contribution is 4.60. The van der Waals surface area contributed by atoms with Crippen molar-refractivity contribution in [2.75, 3.05) is 20.3 Å². The Balaban J connectivity index is 2.40. The molecule has 1 aliphatic rings. The van der Waals surface area contributed by atoms with Crippen LogP contribution in [0.3, 0.4) is 0 Å². The first kappa shape index (κ1) is 6.01. The zero-order valence-corrected chi connectivity index (χ0v) is 5.23. The lowest BCUT2D eigenvalue weighted by atomic mass is 10.6. The summed E-state index contributed by atoms with van der Waals surface area (Å²) in [7, 11) is 1.81. The molecule has 0 aromatic rings. The van der Waals surface area contributed by atoms with Gasteiger partial charge in [0.2, 0.25) is 5.91 Å². The van der Waals surface area contributed by atoms with Crippen LogP contribution in [0.15, 0.2) is 0 Å². The summed E-state index contributed by atoms with van der Waals surface area (Å²) in [5.74, 6) is -0.514. The van der Waals surface area contributed by atoms with Gasteiger partial charge in [0.1, 0.15) is 0 Å². The third-order valence-corrected chi connectivity index (χ3v) is 1.29. The molecule has 0 aromatic carbocycles. The lowest BCUT2D eigenvalue weighted by Gasteiger charge is -2.20. The number of ether oxygens (including phenoxy) is 2. The maximum atomic E-state index is 5.16. The molecule has 1 heterocycles. The molecule has 3 heteroatoms. The zero-order chi connectivity index (χ0) is 6.04. The normalized spacial score (nSPS) is 26.2. The van der Waals surface area contributed by atoms with E-state index in [9.17, 15) is 0 Å². The molecule has 1 saturated heterocycles. The second-order valence-corrected chi connectivity index (χ2v) is 1.89. The van der Waals surface area contributed by atoms with E-state index in [1.165, 1.54) is 0 Å². The highest BCUT2D eigenvalue weighted by atomic mass is 16.8. The number of rotatable bonds is 1. The van der Waals surface area contributed by atoms with Crippen molar-refractivity contribution in [3.8, 4) is 0 Å². The van der Waals surface area contributed by atoms with Crippen molar-refractivity contribution in [2.24, 2.45) is 0 Å². The van der Waals surface area contributed by atoms with Gasteiger partial charge in [-0.1, -0.05) is 0 Å². The maximum Gasteiger partial charge on any atom is 0.224 e. The monoisotopic (exact) mass is 117 g/mol. The maximum absolute atomic E-state index is 5.16. The SMILES string of the molecule is CNC1(C)OCCO1. The van der Waals surface area contributed by atoms with Crippen LogP contribution >= 0.6 is 0 Å². The van der Waals surface area contributed by atoms with Gasteiger partial charge in [0, 0.05) is 6.92 Å². The number of hydrogen-bond donors (Lipinski definition) is 1. The van der Waals surface area contributed by atoms with Crippen LogP contribution in [0.1, 0.15) is 6.92 Å². The molecule has 0 aromatic heterocycles. The van der Waals surface area contributed by atoms with Gasteiger partial charge in [0.15, 0.2) is 0 Å². The Bertz CT molecular complexity index is 78.5. The van der Waals surface area contributed by atoms with Gasteiger partial charge in [-0.2, -0.15) is 0 Å². The summed E-state index contributed by atoms with van der Waals surface area (Å²) >= 11 is 0. The van der Waals surface area contributed by atoms with E-state index in [0.717, 1.165) is 0 Å². The van der Waals surface area contributed by atoms with Gasteiger partial charge in [-0.15, -0.1) is 0 Å². The van der Waals surface area contributed by atoms with E-state index in [2.05, 4.69) is 5.32 Å². The van der Waals surface area contributed by atoms with E-state index in [1.54, 1.807) is 0 Å². The van der Waals surface area contributed by atoms with Gasteiger partial charge >= 0.3 is 0 Å². The number of hydrogen-bond acceptors (Lipinski definition) is 3. The molecule has 0 aliphatic carbocycles. The zero-order valence-electron chi connectivity index (χ0n) is 5.23. The fourth-order valence-corrected chi connectivity index (χ4v) is 0.659. The molecule has 8 heavy (non-hydrogen) atoms. The van der Waals surface area contributed by atoms with E-state index < -0.39 is 5.91 Å². The van der Waals surface area contributed by atoms with Crippen molar-refractivity contribution in [3.63, 3.8) is 0 Å². The van der Waals surface area contributed by atoms with Crippen LogP contribution < -0.4 is 5.32 Å². The van der Waals surface area contributed by atoms with Crippen LogP contribution in [-0.2, 0) is 9.47 Å². The molecule has 0 unspecified atom stereocenters. The standard InChI is InChI=1S/C5H11NO2/c1-5(6-2)7-3-4-8-5/h6H,3-4H2,1-2H3. The first-order chi connectivity index (χ1) is 3.77.